The predicted octanol–water partition coefficient (Wildman–Crippen LogP) is 4.32. The van der Waals surface area contributed by atoms with E-state index in [2.05, 4.69) is 16.0 Å². The van der Waals surface area contributed by atoms with E-state index in [0.29, 0.717) is 77.4 Å². The Morgan fingerprint density at radius 3 is 1.87 bits per heavy atom. The Morgan fingerprint density at radius 1 is 0.673 bits per heavy atom. The van der Waals surface area contributed by atoms with Crippen LogP contribution < -0.4 is 20.7 Å². The van der Waals surface area contributed by atoms with Crippen molar-refractivity contribution in [3.05, 3.63) is 29.8 Å². The van der Waals surface area contributed by atoms with Crippen LogP contribution in [0.25, 0.3) is 0 Å². The molecule has 0 saturated heterocycles. The first-order valence-corrected chi connectivity index (χ1v) is 19.1. The molecule has 0 heterocycles. The lowest BCUT2D eigenvalue weighted by Gasteiger charge is -2.15. The number of amides is 1. The minimum absolute atomic E-state index is 0.0497. The van der Waals surface area contributed by atoms with Gasteiger partial charge in [-0.1, -0.05) is 70.6 Å². The number of nitrogens with one attached hydrogen (secondary N) is 3. The number of aliphatic hydroxyl groups is 1. The molecule has 0 radical (unpaired) electrons. The Labute approximate surface area is 309 Å². The summed E-state index contributed by atoms with van der Waals surface area (Å²) in [6.07, 6.45) is 15.9. The molecule has 0 bridgehead atoms. The average Bonchev–Trinajstić information content (AvgIpc) is 3.13. The minimum atomic E-state index is -1.02. The molecular weight excluding hydrogens is 674 g/mol. The molecular formula is C38H65N3O11. The van der Waals surface area contributed by atoms with E-state index < -0.39 is 24.2 Å². The maximum atomic E-state index is 12.3. The number of aliphatic carboxylic acids is 1. The zero-order chi connectivity index (χ0) is 37.9. The highest BCUT2D eigenvalue weighted by Crippen LogP contribution is 2.15. The highest BCUT2D eigenvalue weighted by molar-refractivity contribution is 5.87. The summed E-state index contributed by atoms with van der Waals surface area (Å²) in [5.74, 6) is -1.46. The van der Waals surface area contributed by atoms with Crippen molar-refractivity contribution >= 4 is 24.1 Å². The number of carboxylic acids is 2. The number of carbonyl (C=O) groups excluding carboxylic acids is 2. The second kappa shape index (κ2) is 33.7. The minimum Gasteiger partial charge on any atom is -0.494 e. The van der Waals surface area contributed by atoms with Crippen molar-refractivity contribution in [3.8, 4) is 5.75 Å². The number of carboxylic acid groups (broad SMARTS) is 2. The van der Waals surface area contributed by atoms with Crippen LogP contribution in [0, 0.1) is 0 Å². The lowest BCUT2D eigenvalue weighted by atomic mass is 10.0. The van der Waals surface area contributed by atoms with Gasteiger partial charge in [0, 0.05) is 19.5 Å². The number of aromatic carboxylic acids is 1. The summed E-state index contributed by atoms with van der Waals surface area (Å²) in [6, 6.07) is 5.61. The summed E-state index contributed by atoms with van der Waals surface area (Å²) in [5.41, 5.74) is 0.262. The van der Waals surface area contributed by atoms with Gasteiger partial charge in [0.1, 0.15) is 11.8 Å². The van der Waals surface area contributed by atoms with Gasteiger partial charge in [0.05, 0.1) is 51.8 Å². The first kappa shape index (κ1) is 46.9. The zero-order valence-electron chi connectivity index (χ0n) is 31.0. The molecule has 0 saturated carbocycles. The Morgan fingerprint density at radius 2 is 1.27 bits per heavy atom. The van der Waals surface area contributed by atoms with Gasteiger partial charge >= 0.3 is 11.9 Å². The van der Waals surface area contributed by atoms with Crippen LogP contribution in [0.4, 0.5) is 0 Å². The third-order valence-corrected chi connectivity index (χ3v) is 8.30. The van der Waals surface area contributed by atoms with Crippen molar-refractivity contribution in [1.82, 2.24) is 16.0 Å². The number of rotatable bonds is 38. The number of aliphatic hydroxyl groups excluding tert-OH is 1. The topological polar surface area (TPSA) is 202 Å². The van der Waals surface area contributed by atoms with E-state index in [1.807, 2.05) is 0 Å². The molecule has 0 aliphatic heterocycles. The molecule has 52 heavy (non-hydrogen) atoms. The van der Waals surface area contributed by atoms with Crippen LogP contribution in [0.2, 0.25) is 0 Å². The molecule has 0 aromatic heterocycles. The number of ether oxygens (including phenoxy) is 4. The van der Waals surface area contributed by atoms with Crippen LogP contribution in [0.15, 0.2) is 24.3 Å². The molecule has 1 aromatic rings. The Balaban J connectivity index is 1.89. The predicted molar refractivity (Wildman–Crippen MR) is 198 cm³/mol. The molecule has 1 unspecified atom stereocenters. The largest absolute Gasteiger partial charge is 0.494 e. The van der Waals surface area contributed by atoms with Crippen molar-refractivity contribution in [2.45, 2.75) is 115 Å². The first-order valence-electron chi connectivity index (χ1n) is 19.1. The van der Waals surface area contributed by atoms with E-state index in [9.17, 15) is 24.3 Å². The number of hydrogen-bond acceptors (Lipinski definition) is 11. The van der Waals surface area contributed by atoms with Crippen molar-refractivity contribution in [2.24, 2.45) is 0 Å². The summed E-state index contributed by atoms with van der Waals surface area (Å²) >= 11 is 0. The first-order chi connectivity index (χ1) is 25.4. The lowest BCUT2D eigenvalue weighted by molar-refractivity contribution is -0.142. The molecule has 0 spiro atoms. The smallest absolute Gasteiger partial charge is 0.335 e. The highest BCUT2D eigenvalue weighted by atomic mass is 16.5. The average molecular weight is 740 g/mol. The van der Waals surface area contributed by atoms with E-state index in [1.165, 1.54) is 44.9 Å². The van der Waals surface area contributed by atoms with E-state index in [4.69, 9.17) is 29.2 Å². The molecule has 0 aliphatic carbocycles. The number of unbranched alkanes of at least 4 members (excludes halogenated alkanes) is 12. The Hall–Kier alpha value is -3.14. The van der Waals surface area contributed by atoms with Crippen LogP contribution in [0.3, 0.4) is 0 Å². The third-order valence-electron chi connectivity index (χ3n) is 8.30. The van der Waals surface area contributed by atoms with Gasteiger partial charge in [0.2, 0.25) is 5.91 Å². The van der Waals surface area contributed by atoms with Crippen LogP contribution in [-0.4, -0.2) is 118 Å². The van der Waals surface area contributed by atoms with Gasteiger partial charge < -0.3 is 44.9 Å². The maximum absolute atomic E-state index is 12.3. The van der Waals surface area contributed by atoms with Crippen LogP contribution >= 0.6 is 0 Å². The summed E-state index contributed by atoms with van der Waals surface area (Å²) in [4.78, 5) is 45.9. The van der Waals surface area contributed by atoms with E-state index >= 15 is 0 Å². The molecule has 1 rings (SSSR count). The van der Waals surface area contributed by atoms with E-state index in [0.717, 1.165) is 38.5 Å². The van der Waals surface area contributed by atoms with Crippen molar-refractivity contribution in [1.29, 1.82) is 0 Å². The van der Waals surface area contributed by atoms with Crippen LogP contribution in [-0.2, 0) is 28.6 Å². The Bertz CT molecular complexity index is 1050. The molecule has 0 aliphatic rings. The SMILES string of the molecule is O=CC(NCCOCCO)OCCOCCNCCC[C@H](NC(=O)CCCCCCCCCCCCCCCOc1ccc(C(=O)O)cc1)C(=O)O. The number of benzene rings is 1. The van der Waals surface area contributed by atoms with Crippen molar-refractivity contribution in [2.75, 3.05) is 65.9 Å². The fourth-order valence-electron chi connectivity index (χ4n) is 5.36. The number of aldehydes is 1. The zero-order valence-corrected chi connectivity index (χ0v) is 31.0. The molecule has 14 nitrogen and oxygen atoms in total. The van der Waals surface area contributed by atoms with Gasteiger partial charge in [0.15, 0.2) is 12.5 Å². The monoisotopic (exact) mass is 739 g/mol. The molecule has 298 valence electrons. The quantitative estimate of drug-likeness (QED) is 0.0318. The molecule has 14 heteroatoms. The van der Waals surface area contributed by atoms with Gasteiger partial charge in [-0.05, 0) is 56.5 Å². The third kappa shape index (κ3) is 27.5. The summed E-state index contributed by atoms with van der Waals surface area (Å²) in [6.45, 7) is 3.81. The van der Waals surface area contributed by atoms with Gasteiger partial charge in [0.25, 0.3) is 0 Å². The van der Waals surface area contributed by atoms with E-state index in [-0.39, 0.29) is 31.3 Å². The second-order valence-electron chi connectivity index (χ2n) is 12.7. The normalized spacial score (nSPS) is 12.3. The van der Waals surface area contributed by atoms with Gasteiger partial charge in [-0.3, -0.25) is 14.9 Å². The van der Waals surface area contributed by atoms with Gasteiger partial charge in [-0.15, -0.1) is 0 Å². The highest BCUT2D eigenvalue weighted by Gasteiger charge is 2.19. The molecule has 1 amide bonds. The van der Waals surface area contributed by atoms with Crippen LogP contribution in [0.5, 0.6) is 5.75 Å². The number of hydrogen-bond donors (Lipinski definition) is 6. The Kier molecular flexibility index (Phi) is 30.4. The van der Waals surface area contributed by atoms with E-state index in [1.54, 1.807) is 24.3 Å². The maximum Gasteiger partial charge on any atom is 0.335 e. The summed E-state index contributed by atoms with van der Waals surface area (Å²) in [7, 11) is 0. The van der Waals surface area contributed by atoms with Crippen molar-refractivity contribution < 1.29 is 53.4 Å². The summed E-state index contributed by atoms with van der Waals surface area (Å²) in [5, 5.41) is 35.8. The fourth-order valence-corrected chi connectivity index (χ4v) is 5.36. The second-order valence-corrected chi connectivity index (χ2v) is 12.7. The van der Waals surface area contributed by atoms with Crippen molar-refractivity contribution in [3.63, 3.8) is 0 Å². The fraction of sp³-hybridized carbons (Fsp3) is 0.737. The standard InChI is InChI=1S/C38H65N3O11/c42-24-28-49-27-23-40-36(31-43)52-30-29-50-26-22-39-21-14-15-34(38(47)48)41-35(44)16-12-10-8-6-4-2-1-3-5-7-9-11-13-25-51-33-19-17-32(18-20-33)37(45)46/h17-20,31,34,36,39-40,42H,1-16,21-30H2,(H,41,44)(H,45,46)(H,47,48)/t34-,36?/m0/s1. The molecule has 6 N–H and O–H groups in total. The van der Waals surface area contributed by atoms with Crippen LogP contribution in [0.1, 0.15) is 113 Å². The summed E-state index contributed by atoms with van der Waals surface area (Å²) < 4.78 is 21.6. The molecule has 1 aromatic carbocycles. The lowest BCUT2D eigenvalue weighted by Crippen LogP contribution is -2.41. The molecule has 0 fully saturated rings. The van der Waals surface area contributed by atoms with Gasteiger partial charge in [-0.25, -0.2) is 9.59 Å². The van der Waals surface area contributed by atoms with Gasteiger partial charge in [-0.2, -0.15) is 0 Å². The molecule has 2 atom stereocenters. The number of carbonyl (C=O) groups is 4.